The molecule has 68 valence electrons. The highest BCUT2D eigenvalue weighted by Gasteiger charge is 1.98. The number of hydrogen-bond acceptors (Lipinski definition) is 3. The maximum absolute atomic E-state index is 5.48. The molecule has 0 aliphatic rings. The molecular formula is C10H13N3. The topological polar surface area (TPSA) is 50.9 Å². The summed E-state index contributed by atoms with van der Waals surface area (Å²) in [5, 5.41) is 2.94. The second-order valence-corrected chi connectivity index (χ2v) is 2.69. The third kappa shape index (κ3) is 2.08. The molecule has 0 saturated heterocycles. The molecule has 1 aromatic rings. The molecule has 1 rings (SSSR count). The van der Waals surface area contributed by atoms with Crippen molar-refractivity contribution in [3.63, 3.8) is 0 Å². The molecule has 3 N–H and O–H groups in total. The van der Waals surface area contributed by atoms with Gasteiger partial charge in [-0.15, -0.1) is 0 Å². The lowest BCUT2D eigenvalue weighted by Crippen LogP contribution is -2.04. The summed E-state index contributed by atoms with van der Waals surface area (Å²) >= 11 is 0. The highest BCUT2D eigenvalue weighted by Crippen LogP contribution is 2.09. The molecule has 1 heterocycles. The second kappa shape index (κ2) is 3.76. The van der Waals surface area contributed by atoms with Crippen LogP contribution >= 0.6 is 0 Å². The van der Waals surface area contributed by atoms with Crippen LogP contribution in [0.1, 0.15) is 11.3 Å². The Hall–Kier alpha value is -1.77. The second-order valence-electron chi connectivity index (χ2n) is 2.69. The summed E-state index contributed by atoms with van der Waals surface area (Å²) < 4.78 is 0. The molecule has 0 aliphatic heterocycles. The summed E-state index contributed by atoms with van der Waals surface area (Å²) in [5.41, 5.74) is 8.44. The normalized spacial score (nSPS) is 9.31. The highest BCUT2D eigenvalue weighted by atomic mass is 14.8. The van der Waals surface area contributed by atoms with E-state index in [9.17, 15) is 0 Å². The standard InChI is InChI=1S/C10H13N3/c1-7(11)10-5-4-9(6-13-10)8(2)12-3/h4-6,12H,1-2,11H2,3H3. The van der Waals surface area contributed by atoms with E-state index in [4.69, 9.17) is 5.73 Å². The average molecular weight is 175 g/mol. The van der Waals surface area contributed by atoms with Crippen LogP contribution < -0.4 is 11.1 Å². The summed E-state index contributed by atoms with van der Waals surface area (Å²) in [6.07, 6.45) is 1.71. The predicted molar refractivity (Wildman–Crippen MR) is 55.6 cm³/mol. The van der Waals surface area contributed by atoms with Gasteiger partial charge in [0.1, 0.15) is 0 Å². The van der Waals surface area contributed by atoms with E-state index in [-0.39, 0.29) is 0 Å². The van der Waals surface area contributed by atoms with Crippen LogP contribution in [0.4, 0.5) is 0 Å². The van der Waals surface area contributed by atoms with Crippen molar-refractivity contribution in [1.29, 1.82) is 0 Å². The van der Waals surface area contributed by atoms with Crippen molar-refractivity contribution >= 4 is 11.4 Å². The molecule has 0 radical (unpaired) electrons. The number of nitrogens with two attached hydrogens (primary N) is 1. The summed E-state index contributed by atoms with van der Waals surface area (Å²) in [5.74, 6) is 0. The van der Waals surface area contributed by atoms with Crippen LogP contribution in [0, 0.1) is 0 Å². The fourth-order valence-electron chi connectivity index (χ4n) is 0.907. The van der Waals surface area contributed by atoms with Crippen molar-refractivity contribution in [2.24, 2.45) is 5.73 Å². The first-order valence-electron chi connectivity index (χ1n) is 3.93. The zero-order valence-corrected chi connectivity index (χ0v) is 7.67. The van der Waals surface area contributed by atoms with Gasteiger partial charge in [0, 0.05) is 24.5 Å². The van der Waals surface area contributed by atoms with E-state index < -0.39 is 0 Å². The summed E-state index contributed by atoms with van der Waals surface area (Å²) in [4.78, 5) is 4.12. The van der Waals surface area contributed by atoms with E-state index in [1.807, 2.05) is 19.2 Å². The van der Waals surface area contributed by atoms with Crippen molar-refractivity contribution in [2.45, 2.75) is 0 Å². The smallest absolute Gasteiger partial charge is 0.0853 e. The third-order valence-electron chi connectivity index (χ3n) is 1.74. The Labute approximate surface area is 78.0 Å². The minimum Gasteiger partial charge on any atom is -0.397 e. The van der Waals surface area contributed by atoms with Gasteiger partial charge in [0.2, 0.25) is 0 Å². The quantitative estimate of drug-likeness (QED) is 0.725. The number of aromatic nitrogens is 1. The minimum atomic E-state index is 0.474. The molecule has 0 spiro atoms. The third-order valence-corrected chi connectivity index (χ3v) is 1.74. The van der Waals surface area contributed by atoms with Crippen LogP contribution in [-0.2, 0) is 0 Å². The molecule has 0 aromatic carbocycles. The Balaban J connectivity index is 2.93. The van der Waals surface area contributed by atoms with E-state index in [0.717, 1.165) is 11.3 Å². The highest BCUT2D eigenvalue weighted by molar-refractivity contribution is 5.63. The monoisotopic (exact) mass is 175 g/mol. The molecular weight excluding hydrogens is 162 g/mol. The molecule has 0 aliphatic carbocycles. The Morgan fingerprint density at radius 1 is 1.46 bits per heavy atom. The lowest BCUT2D eigenvalue weighted by molar-refractivity contribution is 1.12. The number of hydrogen-bond donors (Lipinski definition) is 2. The number of nitrogens with one attached hydrogen (secondary N) is 1. The summed E-state index contributed by atoms with van der Waals surface area (Å²) in [6.45, 7) is 7.41. The minimum absolute atomic E-state index is 0.474. The Morgan fingerprint density at radius 3 is 2.54 bits per heavy atom. The van der Waals surface area contributed by atoms with Gasteiger partial charge in [-0.25, -0.2) is 0 Å². The van der Waals surface area contributed by atoms with Gasteiger partial charge < -0.3 is 11.1 Å². The lowest BCUT2D eigenvalue weighted by atomic mass is 10.2. The molecule has 0 atom stereocenters. The van der Waals surface area contributed by atoms with Crippen LogP contribution in [0.3, 0.4) is 0 Å². The van der Waals surface area contributed by atoms with Gasteiger partial charge in [-0.05, 0) is 12.1 Å². The Kier molecular flexibility index (Phi) is 2.69. The fraction of sp³-hybridized carbons (Fsp3) is 0.100. The van der Waals surface area contributed by atoms with E-state index in [1.54, 1.807) is 6.20 Å². The van der Waals surface area contributed by atoms with Gasteiger partial charge in [-0.2, -0.15) is 0 Å². The van der Waals surface area contributed by atoms with Crippen LogP contribution in [-0.4, -0.2) is 12.0 Å². The van der Waals surface area contributed by atoms with Gasteiger partial charge in [0.15, 0.2) is 0 Å². The van der Waals surface area contributed by atoms with E-state index in [1.165, 1.54) is 0 Å². The first kappa shape index (κ1) is 9.32. The Bertz CT molecular complexity index is 325. The van der Waals surface area contributed by atoms with Crippen molar-refractivity contribution in [2.75, 3.05) is 7.05 Å². The van der Waals surface area contributed by atoms with E-state index >= 15 is 0 Å². The number of pyridine rings is 1. The van der Waals surface area contributed by atoms with Crippen LogP contribution in [0.25, 0.3) is 11.4 Å². The molecule has 3 nitrogen and oxygen atoms in total. The van der Waals surface area contributed by atoms with Crippen molar-refractivity contribution in [3.8, 4) is 0 Å². The predicted octanol–water partition coefficient (Wildman–Crippen LogP) is 1.20. The van der Waals surface area contributed by atoms with Gasteiger partial charge in [-0.1, -0.05) is 13.2 Å². The first-order chi connectivity index (χ1) is 6.15. The molecule has 0 fully saturated rings. The maximum atomic E-state index is 5.48. The molecule has 3 heteroatoms. The first-order valence-corrected chi connectivity index (χ1v) is 3.93. The molecule has 0 saturated carbocycles. The zero-order valence-electron chi connectivity index (χ0n) is 7.67. The van der Waals surface area contributed by atoms with Gasteiger partial charge >= 0.3 is 0 Å². The summed E-state index contributed by atoms with van der Waals surface area (Å²) in [7, 11) is 1.82. The zero-order chi connectivity index (χ0) is 9.84. The average Bonchev–Trinajstić information content (AvgIpc) is 2.17. The molecule has 0 amide bonds. The van der Waals surface area contributed by atoms with Crippen molar-refractivity contribution in [3.05, 3.63) is 42.7 Å². The van der Waals surface area contributed by atoms with Crippen LogP contribution in [0.2, 0.25) is 0 Å². The Morgan fingerprint density at radius 2 is 2.15 bits per heavy atom. The number of rotatable bonds is 3. The maximum Gasteiger partial charge on any atom is 0.0853 e. The molecule has 13 heavy (non-hydrogen) atoms. The SMILES string of the molecule is C=C(NC)c1ccc(C(=C)N)nc1. The molecule has 0 bridgehead atoms. The van der Waals surface area contributed by atoms with Gasteiger partial charge in [0.25, 0.3) is 0 Å². The summed E-state index contributed by atoms with van der Waals surface area (Å²) in [6, 6.07) is 3.72. The van der Waals surface area contributed by atoms with E-state index in [2.05, 4.69) is 23.5 Å². The van der Waals surface area contributed by atoms with Crippen molar-refractivity contribution < 1.29 is 0 Å². The number of nitrogens with zero attached hydrogens (tertiary/aromatic N) is 1. The molecule has 0 unspecified atom stereocenters. The fourth-order valence-corrected chi connectivity index (χ4v) is 0.907. The van der Waals surface area contributed by atoms with E-state index in [0.29, 0.717) is 11.4 Å². The van der Waals surface area contributed by atoms with Gasteiger partial charge in [-0.3, -0.25) is 4.98 Å². The van der Waals surface area contributed by atoms with Crippen LogP contribution in [0.5, 0.6) is 0 Å². The largest absolute Gasteiger partial charge is 0.397 e. The lowest BCUT2D eigenvalue weighted by Gasteiger charge is -2.04. The van der Waals surface area contributed by atoms with Crippen molar-refractivity contribution in [1.82, 2.24) is 10.3 Å². The molecule has 1 aromatic heterocycles. The van der Waals surface area contributed by atoms with Crippen LogP contribution in [0.15, 0.2) is 31.5 Å². The van der Waals surface area contributed by atoms with Gasteiger partial charge in [0.05, 0.1) is 11.4 Å².